The fourth-order valence-electron chi connectivity index (χ4n) is 3.57. The summed E-state index contributed by atoms with van der Waals surface area (Å²) in [5, 5.41) is 3.09. The van der Waals surface area contributed by atoms with Crippen LogP contribution in [0.5, 0.6) is 5.75 Å². The highest BCUT2D eigenvalue weighted by molar-refractivity contribution is 6.46. The van der Waals surface area contributed by atoms with E-state index in [1.807, 2.05) is 26.0 Å². The number of amides is 2. The molecule has 0 saturated heterocycles. The summed E-state index contributed by atoms with van der Waals surface area (Å²) in [5.74, 6) is -0.747. The fraction of sp³-hybridized carbons (Fsp3) is 0.120. The zero-order valence-electron chi connectivity index (χ0n) is 17.4. The van der Waals surface area contributed by atoms with Gasteiger partial charge in [-0.1, -0.05) is 30.3 Å². The van der Waals surface area contributed by atoms with Crippen LogP contribution >= 0.6 is 0 Å². The third-order valence-corrected chi connectivity index (χ3v) is 5.37. The van der Waals surface area contributed by atoms with E-state index in [1.165, 1.54) is 29.2 Å². The zero-order chi connectivity index (χ0) is 22.1. The summed E-state index contributed by atoms with van der Waals surface area (Å²) in [4.78, 5) is 28.1. The second kappa shape index (κ2) is 8.07. The number of carbonyl (C=O) groups excluding carboxylic acids is 2. The van der Waals surface area contributed by atoms with Crippen molar-refractivity contribution in [1.82, 2.24) is 0 Å². The number of nitrogens with one attached hydrogen (secondary N) is 1. The average Bonchev–Trinajstić information content (AvgIpc) is 3.00. The molecule has 0 fully saturated rings. The number of carbonyl (C=O) groups is 2. The third-order valence-electron chi connectivity index (χ3n) is 5.37. The van der Waals surface area contributed by atoms with E-state index in [2.05, 4.69) is 5.32 Å². The lowest BCUT2D eigenvalue weighted by Crippen LogP contribution is -2.33. The standard InChI is InChI=1S/C25H21FN2O3/c1-15-6-4-9-21(16(15)2)28-24(29)22(17-10-12-18(26)13-11-17)23(25(28)30)27-19-7-5-8-20(14-19)31-3/h4-14,27H,1-3H3. The Morgan fingerprint density at radius 3 is 2.32 bits per heavy atom. The Labute approximate surface area is 179 Å². The number of hydrogen-bond donors (Lipinski definition) is 1. The van der Waals surface area contributed by atoms with Crippen LogP contribution in [-0.4, -0.2) is 18.9 Å². The summed E-state index contributed by atoms with van der Waals surface area (Å²) in [6.07, 6.45) is 0. The molecule has 0 radical (unpaired) electrons. The molecule has 0 aromatic heterocycles. The van der Waals surface area contributed by atoms with E-state index in [1.54, 1.807) is 37.4 Å². The van der Waals surface area contributed by atoms with Gasteiger partial charge in [0.1, 0.15) is 17.3 Å². The lowest BCUT2D eigenvalue weighted by atomic mass is 10.0. The van der Waals surface area contributed by atoms with Gasteiger partial charge in [-0.25, -0.2) is 9.29 Å². The predicted molar refractivity (Wildman–Crippen MR) is 118 cm³/mol. The third kappa shape index (κ3) is 3.68. The number of hydrogen-bond acceptors (Lipinski definition) is 4. The summed E-state index contributed by atoms with van der Waals surface area (Å²) < 4.78 is 18.8. The highest BCUT2D eigenvalue weighted by atomic mass is 19.1. The minimum atomic E-state index is -0.471. The molecule has 6 heteroatoms. The molecule has 1 heterocycles. The van der Waals surface area contributed by atoms with Gasteiger partial charge in [0.05, 0.1) is 18.4 Å². The number of anilines is 2. The smallest absolute Gasteiger partial charge is 0.282 e. The van der Waals surface area contributed by atoms with Gasteiger partial charge in [-0.2, -0.15) is 0 Å². The lowest BCUT2D eigenvalue weighted by molar-refractivity contribution is -0.120. The molecule has 1 aliphatic heterocycles. The molecule has 1 aliphatic rings. The maximum Gasteiger partial charge on any atom is 0.282 e. The number of halogens is 1. The molecule has 0 saturated carbocycles. The first kappa shape index (κ1) is 20.3. The molecule has 31 heavy (non-hydrogen) atoms. The number of methoxy groups -OCH3 is 1. The van der Waals surface area contributed by atoms with Gasteiger partial charge in [0, 0.05) is 11.8 Å². The molecule has 0 spiro atoms. The van der Waals surface area contributed by atoms with Crippen LogP contribution < -0.4 is 15.0 Å². The zero-order valence-corrected chi connectivity index (χ0v) is 17.4. The average molecular weight is 416 g/mol. The molecule has 0 atom stereocenters. The van der Waals surface area contributed by atoms with Crippen LogP contribution in [0.15, 0.2) is 72.4 Å². The first-order valence-electron chi connectivity index (χ1n) is 9.77. The molecule has 4 rings (SSSR count). The van der Waals surface area contributed by atoms with Crippen LogP contribution in [0.2, 0.25) is 0 Å². The van der Waals surface area contributed by atoms with Crippen LogP contribution in [0.3, 0.4) is 0 Å². The summed E-state index contributed by atoms with van der Waals surface area (Å²) in [6.45, 7) is 3.80. The highest BCUT2D eigenvalue weighted by Gasteiger charge is 2.41. The van der Waals surface area contributed by atoms with Crippen molar-refractivity contribution in [3.05, 3.63) is 94.9 Å². The molecular weight excluding hydrogens is 395 g/mol. The molecular formula is C25H21FN2O3. The van der Waals surface area contributed by atoms with Gasteiger partial charge in [0.2, 0.25) is 0 Å². The number of imide groups is 1. The monoisotopic (exact) mass is 416 g/mol. The van der Waals surface area contributed by atoms with E-state index in [0.717, 1.165) is 11.1 Å². The van der Waals surface area contributed by atoms with Crippen molar-refractivity contribution in [3.63, 3.8) is 0 Å². The lowest BCUT2D eigenvalue weighted by Gasteiger charge is -2.19. The minimum Gasteiger partial charge on any atom is -0.497 e. The first-order valence-corrected chi connectivity index (χ1v) is 9.77. The topological polar surface area (TPSA) is 58.6 Å². The SMILES string of the molecule is COc1cccc(NC2=C(c3ccc(F)cc3)C(=O)N(c3cccc(C)c3C)C2=O)c1. The summed E-state index contributed by atoms with van der Waals surface area (Å²) in [6, 6.07) is 18.1. The van der Waals surface area contributed by atoms with E-state index < -0.39 is 17.6 Å². The van der Waals surface area contributed by atoms with E-state index >= 15 is 0 Å². The predicted octanol–water partition coefficient (Wildman–Crippen LogP) is 4.85. The van der Waals surface area contributed by atoms with Crippen LogP contribution in [0.25, 0.3) is 5.57 Å². The number of ether oxygens (including phenoxy) is 1. The molecule has 2 amide bonds. The minimum absolute atomic E-state index is 0.130. The Kier molecular flexibility index (Phi) is 5.29. The van der Waals surface area contributed by atoms with Crippen molar-refractivity contribution >= 4 is 28.8 Å². The van der Waals surface area contributed by atoms with Gasteiger partial charge in [0.15, 0.2) is 0 Å². The van der Waals surface area contributed by atoms with Crippen molar-refractivity contribution in [2.45, 2.75) is 13.8 Å². The highest BCUT2D eigenvalue weighted by Crippen LogP contribution is 2.36. The maximum absolute atomic E-state index is 13.5. The van der Waals surface area contributed by atoms with Gasteiger partial charge in [-0.15, -0.1) is 0 Å². The van der Waals surface area contributed by atoms with E-state index in [0.29, 0.717) is 22.7 Å². The molecule has 0 unspecified atom stereocenters. The van der Waals surface area contributed by atoms with E-state index in [9.17, 15) is 14.0 Å². The Morgan fingerprint density at radius 1 is 0.903 bits per heavy atom. The molecule has 0 bridgehead atoms. The second-order valence-electron chi connectivity index (χ2n) is 7.28. The van der Waals surface area contributed by atoms with Gasteiger partial charge < -0.3 is 10.1 Å². The van der Waals surface area contributed by atoms with E-state index in [4.69, 9.17) is 4.74 Å². The number of aryl methyl sites for hydroxylation is 1. The summed E-state index contributed by atoms with van der Waals surface area (Å²) in [5.41, 5.74) is 3.70. The summed E-state index contributed by atoms with van der Waals surface area (Å²) in [7, 11) is 1.55. The number of nitrogens with zero attached hydrogens (tertiary/aromatic N) is 1. The summed E-state index contributed by atoms with van der Waals surface area (Å²) >= 11 is 0. The van der Waals surface area contributed by atoms with Gasteiger partial charge in [-0.3, -0.25) is 9.59 Å². The van der Waals surface area contributed by atoms with Gasteiger partial charge >= 0.3 is 0 Å². The molecule has 1 N–H and O–H groups in total. The Balaban J connectivity index is 1.84. The molecule has 3 aromatic rings. The van der Waals surface area contributed by atoms with Gasteiger partial charge in [0.25, 0.3) is 11.8 Å². The van der Waals surface area contributed by atoms with Crippen molar-refractivity contribution in [3.8, 4) is 5.75 Å². The number of benzene rings is 3. The van der Waals surface area contributed by atoms with Crippen molar-refractivity contribution in [1.29, 1.82) is 0 Å². The first-order chi connectivity index (χ1) is 14.9. The quantitative estimate of drug-likeness (QED) is 0.604. The Bertz CT molecular complexity index is 1220. The van der Waals surface area contributed by atoms with Gasteiger partial charge in [-0.05, 0) is 60.9 Å². The van der Waals surface area contributed by atoms with Crippen LogP contribution in [0.4, 0.5) is 15.8 Å². The Morgan fingerprint density at radius 2 is 1.61 bits per heavy atom. The van der Waals surface area contributed by atoms with Crippen molar-refractivity contribution in [2.75, 3.05) is 17.3 Å². The van der Waals surface area contributed by atoms with Crippen molar-refractivity contribution < 1.29 is 18.7 Å². The molecule has 3 aromatic carbocycles. The van der Waals surface area contributed by atoms with Crippen LogP contribution in [0.1, 0.15) is 16.7 Å². The van der Waals surface area contributed by atoms with E-state index in [-0.39, 0.29) is 11.3 Å². The van der Waals surface area contributed by atoms with Crippen molar-refractivity contribution in [2.24, 2.45) is 0 Å². The second-order valence-corrected chi connectivity index (χ2v) is 7.28. The molecule has 5 nitrogen and oxygen atoms in total. The van der Waals surface area contributed by atoms with Crippen LogP contribution in [0, 0.1) is 19.7 Å². The van der Waals surface area contributed by atoms with Crippen LogP contribution in [-0.2, 0) is 9.59 Å². The normalized spacial score (nSPS) is 13.7. The largest absolute Gasteiger partial charge is 0.497 e. The number of rotatable bonds is 5. The molecule has 0 aliphatic carbocycles. The maximum atomic E-state index is 13.5. The Hall–Kier alpha value is -3.93. The fourth-order valence-corrected chi connectivity index (χ4v) is 3.57. The molecule has 156 valence electrons.